The lowest BCUT2D eigenvalue weighted by molar-refractivity contribution is -0.125. The minimum atomic E-state index is -0.411. The van der Waals surface area contributed by atoms with Crippen LogP contribution in [-0.4, -0.2) is 34.1 Å². The molecule has 1 fully saturated rings. The molecule has 20 heavy (non-hydrogen) atoms. The van der Waals surface area contributed by atoms with Crippen molar-refractivity contribution in [1.29, 1.82) is 5.26 Å². The van der Waals surface area contributed by atoms with Gasteiger partial charge in [-0.05, 0) is 36.6 Å². The van der Waals surface area contributed by atoms with Crippen LogP contribution in [0.25, 0.3) is 6.08 Å². The van der Waals surface area contributed by atoms with Crippen LogP contribution in [0.5, 0.6) is 11.5 Å². The SMILES string of the molecule is N#C/C(=C\c1cc(N)c(O)c(O)c1)C(=O)N1CCCC1. The van der Waals surface area contributed by atoms with Gasteiger partial charge in [0, 0.05) is 13.1 Å². The Bertz CT molecular complexity index is 588. The Kier molecular flexibility index (Phi) is 3.80. The van der Waals surface area contributed by atoms with E-state index in [0.717, 1.165) is 12.8 Å². The number of nitrogen functional groups attached to an aromatic ring is 1. The van der Waals surface area contributed by atoms with Gasteiger partial charge < -0.3 is 20.8 Å². The van der Waals surface area contributed by atoms with E-state index in [0.29, 0.717) is 18.7 Å². The summed E-state index contributed by atoms with van der Waals surface area (Å²) in [6.07, 6.45) is 3.24. The van der Waals surface area contributed by atoms with Crippen LogP contribution in [0.1, 0.15) is 18.4 Å². The molecule has 1 aromatic carbocycles. The van der Waals surface area contributed by atoms with Crippen LogP contribution in [0.15, 0.2) is 17.7 Å². The Labute approximate surface area is 116 Å². The number of rotatable bonds is 2. The van der Waals surface area contributed by atoms with Crippen LogP contribution in [-0.2, 0) is 4.79 Å². The van der Waals surface area contributed by atoms with Crippen molar-refractivity contribution >= 4 is 17.7 Å². The number of carbonyl (C=O) groups excluding carboxylic acids is 1. The predicted octanol–water partition coefficient (Wildman–Crippen LogP) is 1.21. The Morgan fingerprint density at radius 3 is 2.55 bits per heavy atom. The molecule has 104 valence electrons. The van der Waals surface area contributed by atoms with E-state index in [-0.39, 0.29) is 22.9 Å². The van der Waals surface area contributed by atoms with Gasteiger partial charge in [-0.25, -0.2) is 0 Å². The molecule has 6 heteroatoms. The number of anilines is 1. The molecule has 0 bridgehead atoms. The Hall–Kier alpha value is -2.68. The van der Waals surface area contributed by atoms with Gasteiger partial charge in [0.25, 0.3) is 5.91 Å². The second-order valence-electron chi connectivity index (χ2n) is 4.65. The molecule has 6 nitrogen and oxygen atoms in total. The van der Waals surface area contributed by atoms with Crippen LogP contribution in [0.4, 0.5) is 5.69 Å². The highest BCUT2D eigenvalue weighted by Gasteiger charge is 2.21. The highest BCUT2D eigenvalue weighted by molar-refractivity contribution is 6.02. The molecule has 2 rings (SSSR count). The number of benzene rings is 1. The summed E-state index contributed by atoms with van der Waals surface area (Å²) in [6, 6.07) is 4.51. The zero-order chi connectivity index (χ0) is 14.7. The summed E-state index contributed by atoms with van der Waals surface area (Å²) in [5.74, 6) is -1.12. The van der Waals surface area contributed by atoms with Crippen molar-refractivity contribution in [3.05, 3.63) is 23.3 Å². The fraction of sp³-hybridized carbons (Fsp3) is 0.286. The number of nitrogens with zero attached hydrogens (tertiary/aromatic N) is 2. The van der Waals surface area contributed by atoms with Crippen molar-refractivity contribution in [2.75, 3.05) is 18.8 Å². The standard InChI is InChI=1S/C14H15N3O3/c15-8-10(14(20)17-3-1-2-4-17)5-9-6-11(16)13(19)12(18)7-9/h5-7,18-19H,1-4,16H2/b10-5+. The van der Waals surface area contributed by atoms with Gasteiger partial charge in [-0.3, -0.25) is 4.79 Å². The molecular weight excluding hydrogens is 258 g/mol. The fourth-order valence-electron chi connectivity index (χ4n) is 2.15. The first kappa shape index (κ1) is 13.7. The van der Waals surface area contributed by atoms with Crippen LogP contribution < -0.4 is 5.73 Å². The second kappa shape index (κ2) is 5.53. The first-order valence-electron chi connectivity index (χ1n) is 6.25. The van der Waals surface area contributed by atoms with Gasteiger partial charge in [-0.1, -0.05) is 0 Å². The molecule has 1 aliphatic heterocycles. The number of aromatic hydroxyl groups is 2. The molecule has 0 unspecified atom stereocenters. The summed E-state index contributed by atoms with van der Waals surface area (Å²) in [5.41, 5.74) is 5.88. The Balaban J connectivity index is 2.31. The second-order valence-corrected chi connectivity index (χ2v) is 4.65. The molecular formula is C14H15N3O3. The lowest BCUT2D eigenvalue weighted by Gasteiger charge is -2.14. The minimum Gasteiger partial charge on any atom is -0.504 e. The van der Waals surface area contributed by atoms with Crippen LogP contribution in [0, 0.1) is 11.3 Å². The molecule has 0 aromatic heterocycles. The molecule has 0 spiro atoms. The number of nitrogens with two attached hydrogens (primary N) is 1. The average Bonchev–Trinajstić information content (AvgIpc) is 2.95. The number of carbonyl (C=O) groups is 1. The molecule has 0 aliphatic carbocycles. The van der Waals surface area contributed by atoms with E-state index in [1.54, 1.807) is 4.90 Å². The lowest BCUT2D eigenvalue weighted by atomic mass is 10.1. The molecule has 1 amide bonds. The summed E-state index contributed by atoms with van der Waals surface area (Å²) in [5, 5.41) is 27.9. The monoisotopic (exact) mass is 273 g/mol. The number of phenols is 2. The normalized spacial score (nSPS) is 15.2. The van der Waals surface area contributed by atoms with Gasteiger partial charge in [-0.15, -0.1) is 0 Å². The van der Waals surface area contributed by atoms with Crippen molar-refractivity contribution in [2.45, 2.75) is 12.8 Å². The average molecular weight is 273 g/mol. The van der Waals surface area contributed by atoms with E-state index in [1.165, 1.54) is 18.2 Å². The van der Waals surface area contributed by atoms with E-state index in [1.807, 2.05) is 6.07 Å². The fourth-order valence-corrected chi connectivity index (χ4v) is 2.15. The number of phenolic OH excluding ortho intramolecular Hbond substituents is 2. The van der Waals surface area contributed by atoms with E-state index >= 15 is 0 Å². The number of likely N-dealkylation sites (tertiary alicyclic amines) is 1. The zero-order valence-corrected chi connectivity index (χ0v) is 10.8. The first-order valence-corrected chi connectivity index (χ1v) is 6.25. The van der Waals surface area contributed by atoms with Crippen molar-refractivity contribution in [3.63, 3.8) is 0 Å². The smallest absolute Gasteiger partial charge is 0.264 e. The van der Waals surface area contributed by atoms with Gasteiger partial charge >= 0.3 is 0 Å². The van der Waals surface area contributed by atoms with Crippen molar-refractivity contribution in [1.82, 2.24) is 4.90 Å². The van der Waals surface area contributed by atoms with Crippen LogP contribution in [0.3, 0.4) is 0 Å². The van der Waals surface area contributed by atoms with Gasteiger partial charge in [0.15, 0.2) is 11.5 Å². The van der Waals surface area contributed by atoms with Gasteiger partial charge in [-0.2, -0.15) is 5.26 Å². The summed E-state index contributed by atoms with van der Waals surface area (Å²) in [6.45, 7) is 1.31. The molecule has 1 aliphatic rings. The minimum absolute atomic E-state index is 0.0119. The summed E-state index contributed by atoms with van der Waals surface area (Å²) in [4.78, 5) is 13.7. The summed E-state index contributed by atoms with van der Waals surface area (Å²) >= 11 is 0. The highest BCUT2D eigenvalue weighted by Crippen LogP contribution is 2.33. The van der Waals surface area contributed by atoms with E-state index in [2.05, 4.69) is 0 Å². The Morgan fingerprint density at radius 2 is 2.00 bits per heavy atom. The maximum Gasteiger partial charge on any atom is 0.264 e. The van der Waals surface area contributed by atoms with Crippen molar-refractivity contribution in [3.8, 4) is 17.6 Å². The maximum atomic E-state index is 12.1. The zero-order valence-electron chi connectivity index (χ0n) is 10.8. The number of nitriles is 1. The molecule has 4 N–H and O–H groups in total. The van der Waals surface area contributed by atoms with Crippen molar-refractivity contribution in [2.24, 2.45) is 0 Å². The number of hydrogen-bond donors (Lipinski definition) is 3. The van der Waals surface area contributed by atoms with Gasteiger partial charge in [0.1, 0.15) is 11.6 Å². The molecule has 1 aromatic rings. The predicted molar refractivity (Wildman–Crippen MR) is 73.6 cm³/mol. The first-order chi connectivity index (χ1) is 9.52. The summed E-state index contributed by atoms with van der Waals surface area (Å²) < 4.78 is 0. The van der Waals surface area contributed by atoms with Crippen molar-refractivity contribution < 1.29 is 15.0 Å². The Morgan fingerprint density at radius 1 is 1.35 bits per heavy atom. The highest BCUT2D eigenvalue weighted by atomic mass is 16.3. The summed E-state index contributed by atoms with van der Waals surface area (Å²) in [7, 11) is 0. The largest absolute Gasteiger partial charge is 0.504 e. The van der Waals surface area contributed by atoms with E-state index in [9.17, 15) is 15.0 Å². The van der Waals surface area contributed by atoms with Crippen LogP contribution in [0.2, 0.25) is 0 Å². The molecule has 0 radical (unpaired) electrons. The quantitative estimate of drug-likeness (QED) is 0.324. The van der Waals surface area contributed by atoms with Gasteiger partial charge in [0.2, 0.25) is 0 Å². The third-order valence-corrected chi connectivity index (χ3v) is 3.20. The molecule has 1 heterocycles. The maximum absolute atomic E-state index is 12.1. The van der Waals surface area contributed by atoms with Crippen LogP contribution >= 0.6 is 0 Å². The number of amides is 1. The lowest BCUT2D eigenvalue weighted by Crippen LogP contribution is -2.28. The third-order valence-electron chi connectivity index (χ3n) is 3.20. The van der Waals surface area contributed by atoms with E-state index < -0.39 is 5.75 Å². The topological polar surface area (TPSA) is 111 Å². The molecule has 0 saturated carbocycles. The number of hydrogen-bond acceptors (Lipinski definition) is 5. The van der Waals surface area contributed by atoms with E-state index in [4.69, 9.17) is 11.0 Å². The van der Waals surface area contributed by atoms with Gasteiger partial charge in [0.05, 0.1) is 5.69 Å². The molecule has 1 saturated heterocycles. The molecule has 0 atom stereocenters. The third kappa shape index (κ3) is 2.67.